The van der Waals surface area contributed by atoms with Gasteiger partial charge in [-0.2, -0.15) is 0 Å². The summed E-state index contributed by atoms with van der Waals surface area (Å²) in [6, 6.07) is 13.0. The predicted molar refractivity (Wildman–Crippen MR) is 103 cm³/mol. The minimum Gasteiger partial charge on any atom is -0.496 e. The average Bonchev–Trinajstić information content (AvgIpc) is 2.58. The van der Waals surface area contributed by atoms with Gasteiger partial charge < -0.3 is 20.3 Å². The summed E-state index contributed by atoms with van der Waals surface area (Å²) in [5.74, 6) is 0.800. The summed E-state index contributed by atoms with van der Waals surface area (Å²) in [5.41, 5.74) is 2.65. The average molecular weight is 362 g/mol. The van der Waals surface area contributed by atoms with Crippen molar-refractivity contribution in [2.45, 2.75) is 13.0 Å². The zero-order valence-corrected chi connectivity index (χ0v) is 15.7. The van der Waals surface area contributed by atoms with Crippen LogP contribution in [0.15, 0.2) is 42.5 Å². The molecule has 2 N–H and O–H groups in total. The quantitative estimate of drug-likeness (QED) is 0.815. The standard InChI is InChI=1S/C19H24ClN3O2/c1-13-9-10-14(11-16(13)20)22-19(24)21-12-17(23(2)3)15-7-5-6-8-18(15)25-4/h5-11,17H,12H2,1-4H3,(H2,21,22,24). The van der Waals surface area contributed by atoms with Crippen LogP contribution >= 0.6 is 11.6 Å². The zero-order valence-electron chi connectivity index (χ0n) is 15.0. The lowest BCUT2D eigenvalue weighted by Gasteiger charge is -2.26. The molecule has 1 atom stereocenters. The highest BCUT2D eigenvalue weighted by atomic mass is 35.5. The molecule has 134 valence electrons. The van der Waals surface area contributed by atoms with Gasteiger partial charge in [0.1, 0.15) is 5.75 Å². The molecule has 1 unspecified atom stereocenters. The van der Waals surface area contributed by atoms with Crippen molar-refractivity contribution in [2.24, 2.45) is 0 Å². The van der Waals surface area contributed by atoms with E-state index in [1.54, 1.807) is 13.2 Å². The van der Waals surface area contributed by atoms with Crippen molar-refractivity contribution in [2.75, 3.05) is 33.1 Å². The van der Waals surface area contributed by atoms with Crippen molar-refractivity contribution < 1.29 is 9.53 Å². The fraction of sp³-hybridized carbons (Fsp3) is 0.316. The van der Waals surface area contributed by atoms with Crippen LogP contribution in [0.4, 0.5) is 10.5 Å². The van der Waals surface area contributed by atoms with Crippen molar-refractivity contribution in [1.29, 1.82) is 0 Å². The lowest BCUT2D eigenvalue weighted by molar-refractivity contribution is 0.242. The van der Waals surface area contributed by atoms with Gasteiger partial charge in [-0.25, -0.2) is 4.79 Å². The number of urea groups is 1. The molecule has 0 heterocycles. The third-order valence-corrected chi connectivity index (χ3v) is 4.41. The van der Waals surface area contributed by atoms with Crippen molar-refractivity contribution in [3.05, 3.63) is 58.6 Å². The number of carbonyl (C=O) groups excluding carboxylic acids is 1. The molecule has 0 fully saturated rings. The Kier molecular flexibility index (Phi) is 6.67. The van der Waals surface area contributed by atoms with Crippen LogP contribution in [-0.4, -0.2) is 38.7 Å². The summed E-state index contributed by atoms with van der Waals surface area (Å²) < 4.78 is 5.43. The Morgan fingerprint density at radius 3 is 2.60 bits per heavy atom. The first-order valence-corrected chi connectivity index (χ1v) is 8.40. The van der Waals surface area contributed by atoms with E-state index in [9.17, 15) is 4.79 Å². The van der Waals surface area contributed by atoms with Crippen LogP contribution < -0.4 is 15.4 Å². The molecule has 0 radical (unpaired) electrons. The van der Waals surface area contributed by atoms with Crippen molar-refractivity contribution in [3.63, 3.8) is 0 Å². The number of rotatable bonds is 6. The number of carbonyl (C=O) groups is 1. The number of para-hydroxylation sites is 1. The second kappa shape index (κ2) is 8.74. The Balaban J connectivity index is 2.03. The SMILES string of the molecule is COc1ccccc1C(CNC(=O)Nc1ccc(C)c(Cl)c1)N(C)C. The topological polar surface area (TPSA) is 53.6 Å². The number of nitrogens with one attached hydrogen (secondary N) is 2. The van der Waals surface area contributed by atoms with E-state index in [2.05, 4.69) is 10.6 Å². The number of anilines is 1. The molecule has 5 nitrogen and oxygen atoms in total. The van der Waals surface area contributed by atoms with E-state index in [1.165, 1.54) is 0 Å². The fourth-order valence-electron chi connectivity index (χ4n) is 2.55. The molecule has 0 saturated carbocycles. The highest BCUT2D eigenvalue weighted by Crippen LogP contribution is 2.27. The molecule has 0 saturated heterocycles. The van der Waals surface area contributed by atoms with Crippen LogP contribution in [0.3, 0.4) is 0 Å². The van der Waals surface area contributed by atoms with Gasteiger partial charge in [-0.3, -0.25) is 0 Å². The maximum atomic E-state index is 12.2. The van der Waals surface area contributed by atoms with Crippen molar-refractivity contribution >= 4 is 23.3 Å². The van der Waals surface area contributed by atoms with E-state index in [0.29, 0.717) is 17.3 Å². The molecule has 0 spiro atoms. The number of benzene rings is 2. The summed E-state index contributed by atoms with van der Waals surface area (Å²) >= 11 is 6.09. The van der Waals surface area contributed by atoms with Crippen LogP contribution in [0.5, 0.6) is 5.75 Å². The Hall–Kier alpha value is -2.24. The van der Waals surface area contributed by atoms with Crippen LogP contribution in [0, 0.1) is 6.92 Å². The van der Waals surface area contributed by atoms with Gasteiger partial charge in [0, 0.05) is 22.8 Å². The van der Waals surface area contributed by atoms with E-state index < -0.39 is 0 Å². The number of nitrogens with zero attached hydrogens (tertiary/aromatic N) is 1. The number of ether oxygens (including phenoxy) is 1. The molecule has 2 aromatic carbocycles. The monoisotopic (exact) mass is 361 g/mol. The van der Waals surface area contributed by atoms with E-state index >= 15 is 0 Å². The van der Waals surface area contributed by atoms with Gasteiger partial charge in [-0.1, -0.05) is 35.9 Å². The first-order valence-electron chi connectivity index (χ1n) is 8.02. The van der Waals surface area contributed by atoms with E-state index in [1.807, 2.05) is 62.3 Å². The summed E-state index contributed by atoms with van der Waals surface area (Å²) in [6.45, 7) is 2.36. The molecule has 2 amide bonds. The second-order valence-corrected chi connectivity index (χ2v) is 6.43. The molecule has 25 heavy (non-hydrogen) atoms. The summed E-state index contributed by atoms with van der Waals surface area (Å²) in [6.07, 6.45) is 0. The molecule has 6 heteroatoms. The Labute approximate surface area is 153 Å². The molecule has 2 rings (SSSR count). The van der Waals surface area contributed by atoms with Gasteiger partial charge in [0.15, 0.2) is 0 Å². The van der Waals surface area contributed by atoms with Crippen LogP contribution in [0.25, 0.3) is 0 Å². The van der Waals surface area contributed by atoms with Gasteiger partial charge in [0.05, 0.1) is 13.2 Å². The zero-order chi connectivity index (χ0) is 18.4. The highest BCUT2D eigenvalue weighted by molar-refractivity contribution is 6.31. The maximum Gasteiger partial charge on any atom is 0.319 e. The molecular weight excluding hydrogens is 338 g/mol. The molecule has 0 aliphatic heterocycles. The number of halogens is 1. The molecule has 0 aliphatic rings. The molecule has 0 aromatic heterocycles. The first-order chi connectivity index (χ1) is 11.9. The van der Waals surface area contributed by atoms with Crippen LogP contribution in [0.1, 0.15) is 17.2 Å². The molecular formula is C19H24ClN3O2. The van der Waals surface area contributed by atoms with Gasteiger partial charge in [-0.05, 0) is 44.8 Å². The number of methoxy groups -OCH3 is 1. The lowest BCUT2D eigenvalue weighted by atomic mass is 10.0. The number of hydrogen-bond acceptors (Lipinski definition) is 3. The van der Waals surface area contributed by atoms with Crippen LogP contribution in [0.2, 0.25) is 5.02 Å². The maximum absolute atomic E-state index is 12.2. The largest absolute Gasteiger partial charge is 0.496 e. The van der Waals surface area contributed by atoms with E-state index in [-0.39, 0.29) is 12.1 Å². The summed E-state index contributed by atoms with van der Waals surface area (Å²) in [4.78, 5) is 14.2. The van der Waals surface area contributed by atoms with Crippen LogP contribution in [-0.2, 0) is 0 Å². The highest BCUT2D eigenvalue weighted by Gasteiger charge is 2.19. The molecule has 0 aliphatic carbocycles. The number of aryl methyl sites for hydroxylation is 1. The van der Waals surface area contributed by atoms with Crippen molar-refractivity contribution in [3.8, 4) is 5.75 Å². The third-order valence-electron chi connectivity index (χ3n) is 4.01. The van der Waals surface area contributed by atoms with E-state index in [4.69, 9.17) is 16.3 Å². The normalized spacial score (nSPS) is 11.9. The number of amides is 2. The Morgan fingerprint density at radius 2 is 1.96 bits per heavy atom. The van der Waals surface area contributed by atoms with Gasteiger partial charge >= 0.3 is 6.03 Å². The van der Waals surface area contributed by atoms with Gasteiger partial charge in [-0.15, -0.1) is 0 Å². The summed E-state index contributed by atoms with van der Waals surface area (Å²) in [7, 11) is 5.58. The molecule has 2 aromatic rings. The van der Waals surface area contributed by atoms with Gasteiger partial charge in [0.25, 0.3) is 0 Å². The van der Waals surface area contributed by atoms with Crippen molar-refractivity contribution in [1.82, 2.24) is 10.2 Å². The van der Waals surface area contributed by atoms with E-state index in [0.717, 1.165) is 16.9 Å². The fourth-order valence-corrected chi connectivity index (χ4v) is 2.73. The number of likely N-dealkylation sites (N-methyl/N-ethyl adjacent to an activating group) is 1. The van der Waals surface area contributed by atoms with Gasteiger partial charge in [0.2, 0.25) is 0 Å². The minimum atomic E-state index is -0.276. The number of hydrogen-bond donors (Lipinski definition) is 2. The summed E-state index contributed by atoms with van der Waals surface area (Å²) in [5, 5.41) is 6.33. The Bertz CT molecular complexity index is 734. The second-order valence-electron chi connectivity index (χ2n) is 6.02. The predicted octanol–water partition coefficient (Wildman–Crippen LogP) is 4.08. The third kappa shape index (κ3) is 5.11. The minimum absolute atomic E-state index is 0.0106. The smallest absolute Gasteiger partial charge is 0.319 e. The lowest BCUT2D eigenvalue weighted by Crippen LogP contribution is -2.37. The Morgan fingerprint density at radius 1 is 1.24 bits per heavy atom. The first kappa shape index (κ1) is 19.1. The molecule has 0 bridgehead atoms.